The molecule has 0 saturated carbocycles. The molecule has 0 saturated heterocycles. The molecule has 0 aromatic heterocycles. The highest BCUT2D eigenvalue weighted by molar-refractivity contribution is 6.06. The normalized spacial score (nSPS) is 11.9. The summed E-state index contributed by atoms with van der Waals surface area (Å²) in [6.07, 6.45) is 3.04. The first-order valence-corrected chi connectivity index (χ1v) is 37.0. The quantitative estimate of drug-likeness (QED) is 0.0140. The molecule has 7 amide bonds. The summed E-state index contributed by atoms with van der Waals surface area (Å²) in [4.78, 5) is 99.0. The van der Waals surface area contributed by atoms with Crippen LogP contribution < -0.4 is 50.2 Å². The lowest BCUT2D eigenvalue weighted by atomic mass is 9.71. The minimum absolute atomic E-state index is 0.00671. The van der Waals surface area contributed by atoms with E-state index in [4.69, 9.17) is 24.1 Å². The van der Waals surface area contributed by atoms with Gasteiger partial charge in [0, 0.05) is 90.5 Å². The largest absolute Gasteiger partial charge is 0.491 e. The fourth-order valence-electron chi connectivity index (χ4n) is 12.2. The van der Waals surface area contributed by atoms with Crippen LogP contribution in [0.1, 0.15) is 211 Å². The van der Waals surface area contributed by atoms with E-state index in [9.17, 15) is 33.6 Å². The second-order valence-electron chi connectivity index (χ2n) is 32.2. The van der Waals surface area contributed by atoms with Crippen molar-refractivity contribution in [2.75, 3.05) is 102 Å². The second kappa shape index (κ2) is 38.8. The van der Waals surface area contributed by atoms with Crippen LogP contribution in [0, 0.1) is 0 Å². The van der Waals surface area contributed by atoms with Crippen LogP contribution in [0.2, 0.25) is 0 Å². The number of aryl methyl sites for hydroxylation is 1. The summed E-state index contributed by atoms with van der Waals surface area (Å²) in [7, 11) is 4.94. The molecule has 0 unspecified atom stereocenters. The molecule has 5 N–H and O–H groups in total. The van der Waals surface area contributed by atoms with Gasteiger partial charge in [0.2, 0.25) is 41.4 Å². The van der Waals surface area contributed by atoms with E-state index in [1.54, 1.807) is 21.1 Å². The van der Waals surface area contributed by atoms with Crippen molar-refractivity contribution in [1.82, 2.24) is 21.3 Å². The van der Waals surface area contributed by atoms with Gasteiger partial charge in [0.15, 0.2) is 0 Å². The number of hydrogen-bond donors (Lipinski definition) is 5. The van der Waals surface area contributed by atoms with E-state index >= 15 is 0 Å². The van der Waals surface area contributed by atoms with Crippen molar-refractivity contribution < 1.29 is 57.6 Å². The zero-order valence-corrected chi connectivity index (χ0v) is 65.9. The molecule has 19 heteroatoms. The number of para-hydroxylation sites is 3. The Bertz CT molecular complexity index is 3700. The van der Waals surface area contributed by atoms with E-state index in [2.05, 4.69) is 162 Å². The summed E-state index contributed by atoms with van der Waals surface area (Å²) in [5.41, 5.74) is 7.56. The van der Waals surface area contributed by atoms with E-state index in [0.717, 1.165) is 75.8 Å². The average molecular weight is 1440 g/mol. The fourth-order valence-corrected chi connectivity index (χ4v) is 12.2. The van der Waals surface area contributed by atoms with Crippen LogP contribution in [-0.4, -0.2) is 133 Å². The van der Waals surface area contributed by atoms with Gasteiger partial charge in [0.05, 0.1) is 39.5 Å². The smallest absolute Gasteiger partial charge is 0.236 e. The molecule has 0 bridgehead atoms. The number of carbonyl (C=O) groups excluding carboxylic acids is 7. The molecule has 0 atom stereocenters. The number of aliphatic hydroxyl groups is 1. The summed E-state index contributed by atoms with van der Waals surface area (Å²) >= 11 is 0. The molecule has 0 fully saturated rings. The number of ether oxygens (including phenoxy) is 4. The van der Waals surface area contributed by atoms with Crippen molar-refractivity contribution in [2.45, 2.75) is 195 Å². The third kappa shape index (κ3) is 25.9. The van der Waals surface area contributed by atoms with Gasteiger partial charge < -0.3 is 60.0 Å². The summed E-state index contributed by atoms with van der Waals surface area (Å²) in [5.74, 6) is -1.66. The van der Waals surface area contributed by atoms with Gasteiger partial charge in [-0.3, -0.25) is 33.6 Å². The Hall–Kier alpha value is -9.07. The van der Waals surface area contributed by atoms with Crippen molar-refractivity contribution in [2.24, 2.45) is 0 Å². The lowest BCUT2D eigenvalue weighted by Crippen LogP contribution is -2.35. The summed E-state index contributed by atoms with van der Waals surface area (Å²) in [5, 5.41) is 21.1. The Morgan fingerprint density at radius 2 is 0.714 bits per heavy atom. The van der Waals surface area contributed by atoms with Crippen LogP contribution in [0.3, 0.4) is 0 Å². The van der Waals surface area contributed by atoms with Gasteiger partial charge in [0.25, 0.3) is 0 Å². The number of nitrogens with one attached hydrogen (secondary N) is 4. The molecule has 0 aliphatic rings. The number of carbonyl (C=O) groups is 7. The van der Waals surface area contributed by atoms with Crippen molar-refractivity contribution in [1.29, 1.82) is 0 Å². The number of hydrogen-bond acceptors (Lipinski definition) is 12. The van der Waals surface area contributed by atoms with E-state index in [1.165, 1.54) is 14.7 Å². The van der Waals surface area contributed by atoms with Crippen LogP contribution in [0.5, 0.6) is 17.2 Å². The molecule has 6 aromatic rings. The predicted molar refractivity (Wildman–Crippen MR) is 420 cm³/mol. The monoisotopic (exact) mass is 1440 g/mol. The lowest BCUT2D eigenvalue weighted by molar-refractivity contribution is -0.129. The minimum Gasteiger partial charge on any atom is -0.491 e. The van der Waals surface area contributed by atoms with Crippen LogP contribution in [0.25, 0.3) is 0 Å². The van der Waals surface area contributed by atoms with Crippen LogP contribution in [0.15, 0.2) is 127 Å². The average Bonchev–Trinajstić information content (AvgIpc) is 0.731. The van der Waals surface area contributed by atoms with Crippen molar-refractivity contribution >= 4 is 58.4 Å². The number of rotatable bonds is 36. The van der Waals surface area contributed by atoms with Crippen molar-refractivity contribution in [3.8, 4) is 17.2 Å². The zero-order valence-electron chi connectivity index (χ0n) is 65.9. The molecule has 6 aromatic carbocycles. The Morgan fingerprint density at radius 1 is 0.381 bits per heavy atom. The highest BCUT2D eigenvalue weighted by atomic mass is 16.5. The highest BCUT2D eigenvalue weighted by Gasteiger charge is 2.38. The van der Waals surface area contributed by atoms with Gasteiger partial charge in [-0.25, -0.2) is 0 Å². The molecular weight excluding hydrogens is 1320 g/mol. The first-order valence-electron chi connectivity index (χ1n) is 37.0. The van der Waals surface area contributed by atoms with Crippen LogP contribution in [-0.2, 0) is 71.8 Å². The van der Waals surface area contributed by atoms with E-state index in [-0.39, 0.29) is 109 Å². The highest BCUT2D eigenvalue weighted by Crippen LogP contribution is 2.53. The Morgan fingerprint density at radius 3 is 1.06 bits per heavy atom. The molecule has 0 aliphatic heterocycles. The van der Waals surface area contributed by atoms with Crippen LogP contribution >= 0.6 is 0 Å². The molecule has 0 radical (unpaired) electrons. The van der Waals surface area contributed by atoms with Crippen LogP contribution in [0.4, 0.5) is 17.1 Å². The number of unbranched alkanes of at least 4 members (excludes halogenated alkanes) is 3. The number of amides is 7. The minimum atomic E-state index is -0.794. The predicted octanol–water partition coefficient (Wildman–Crippen LogP) is 13.6. The molecule has 105 heavy (non-hydrogen) atoms. The number of aliphatic hydroxyl groups excluding tert-OH is 1. The van der Waals surface area contributed by atoms with Gasteiger partial charge in [-0.15, -0.1) is 0 Å². The first kappa shape index (κ1) is 84.9. The molecule has 570 valence electrons. The topological polar surface area (TPSA) is 234 Å². The number of nitrogens with zero attached hydrogens (tertiary/aromatic N) is 3. The Kier molecular flexibility index (Phi) is 31.4. The maximum absolute atomic E-state index is 13.8. The van der Waals surface area contributed by atoms with Gasteiger partial charge in [-0.05, 0) is 99.4 Å². The molecule has 0 aliphatic carbocycles. The molecule has 19 nitrogen and oxygen atoms in total. The molecular formula is C86H119N7O12. The Balaban J connectivity index is 1.60. The van der Waals surface area contributed by atoms with Crippen molar-refractivity contribution in [3.63, 3.8) is 0 Å². The van der Waals surface area contributed by atoms with E-state index < -0.39 is 50.7 Å². The second-order valence-corrected chi connectivity index (χ2v) is 32.2. The third-order valence-electron chi connectivity index (χ3n) is 18.4. The maximum atomic E-state index is 13.8. The number of benzene rings is 6. The van der Waals surface area contributed by atoms with Crippen molar-refractivity contribution in [3.05, 3.63) is 177 Å². The fraction of sp³-hybridized carbons (Fsp3) is 0.500. The molecule has 6 rings (SSSR count). The third-order valence-corrected chi connectivity index (χ3v) is 18.4. The van der Waals surface area contributed by atoms with Gasteiger partial charge in [-0.2, -0.15) is 0 Å². The number of anilines is 3. The zero-order chi connectivity index (χ0) is 77.5. The summed E-state index contributed by atoms with van der Waals surface area (Å²) < 4.78 is 27.3. The van der Waals surface area contributed by atoms with Gasteiger partial charge in [0.1, 0.15) is 56.3 Å². The standard InChI is InChI=1S/C86H119N7O12/c1-82(2,3)60-52-66(80(69(54-60)85(10,11)12)104-47-42-89-73(97)57-76(100)92(17)63-35-27-22-28-36-63)78(67-53-61(83(4,5)6)55-70(86(13,14)15)81(67)105-48-43-90-74(98)58-77(101)93(18)64-37-29-23-30-38-64)65-50-59(32-24-19-20-31-40-87-71(95)39-45-102-49-44-94)51-68(84(7,8)9)79(65)103-46-41-88-72(96)56-75(99)91(16)62-33-25-21-26-34-62/h21-23,25-30,33-38,50-55,78,94H,19-20,24,31-32,39-49,56-58H2,1-18H3,(H,87,95)(H,88,96)(H,89,97)(H,90,98). The lowest BCUT2D eigenvalue weighted by Gasteiger charge is -2.36. The molecule has 0 heterocycles. The first-order chi connectivity index (χ1) is 49.4. The summed E-state index contributed by atoms with van der Waals surface area (Å²) in [6.45, 7) is 33.6. The van der Waals surface area contributed by atoms with Gasteiger partial charge >= 0.3 is 0 Å². The SMILES string of the molecule is CN(C(=O)CC(=O)NCCOc1c(C(c2cc(C(C)(C)C)cc(C(C)(C)C)c2OCCNC(=O)CC(=O)N(C)c2ccccc2)c2cc(C(C)(C)C)cc(C(C)(C)C)c2OCCNC(=O)CC(=O)N(C)c2ccccc2)cc(CCCCCCNC(=O)CCOCCO)cc1C(C)(C)C)c1ccccc1. The maximum Gasteiger partial charge on any atom is 0.236 e. The van der Waals surface area contributed by atoms with E-state index in [0.29, 0.717) is 47.3 Å². The van der Waals surface area contributed by atoms with Gasteiger partial charge in [-0.1, -0.05) is 208 Å². The van der Waals surface area contributed by atoms with E-state index in [1.807, 2.05) is 91.0 Å². The summed E-state index contributed by atoms with van der Waals surface area (Å²) in [6, 6.07) is 40.9. The Labute approximate surface area is 625 Å². The molecule has 0 spiro atoms.